The molecule has 126 valence electrons. The van der Waals surface area contributed by atoms with E-state index in [1.54, 1.807) is 0 Å². The molecule has 2 aromatic carbocycles. The average Bonchev–Trinajstić information content (AvgIpc) is 2.60. The molecule has 0 bridgehead atoms. The Bertz CT molecular complexity index is 666. The molecule has 0 spiro atoms. The highest BCUT2D eigenvalue weighted by Crippen LogP contribution is 2.26. The van der Waals surface area contributed by atoms with Gasteiger partial charge in [-0.15, -0.1) is 0 Å². The van der Waals surface area contributed by atoms with Crippen molar-refractivity contribution in [1.82, 2.24) is 4.90 Å². The molecule has 1 heterocycles. The van der Waals surface area contributed by atoms with Gasteiger partial charge in [0.25, 0.3) is 0 Å². The van der Waals surface area contributed by atoms with Crippen LogP contribution in [0, 0.1) is 6.92 Å². The molecule has 0 saturated carbocycles. The molecule has 3 nitrogen and oxygen atoms in total. The van der Waals surface area contributed by atoms with E-state index in [2.05, 4.69) is 43.3 Å². The van der Waals surface area contributed by atoms with E-state index in [1.807, 2.05) is 30.0 Å². The van der Waals surface area contributed by atoms with Crippen molar-refractivity contribution in [1.29, 1.82) is 0 Å². The number of hydrogen-bond acceptors (Lipinski definition) is 2. The first-order chi connectivity index (χ1) is 11.6. The standard InChI is InChI=1S/C21H25NO2/c1-16-8-11-19(12-9-16)20-15-22(14-17(2)24-20)21(23)13-10-18-6-4-3-5-7-18/h3-9,11-12,17,20H,10,13-15H2,1-2H3. The zero-order chi connectivity index (χ0) is 16.9. The van der Waals surface area contributed by atoms with Gasteiger partial charge in [-0.1, -0.05) is 60.2 Å². The van der Waals surface area contributed by atoms with Crippen LogP contribution in [0.1, 0.15) is 36.1 Å². The van der Waals surface area contributed by atoms with Crippen LogP contribution in [0.15, 0.2) is 54.6 Å². The zero-order valence-corrected chi connectivity index (χ0v) is 14.4. The summed E-state index contributed by atoms with van der Waals surface area (Å²) in [5, 5.41) is 0. The van der Waals surface area contributed by atoms with Gasteiger partial charge in [0.1, 0.15) is 6.10 Å². The van der Waals surface area contributed by atoms with Gasteiger partial charge in [0.05, 0.1) is 12.6 Å². The number of rotatable bonds is 4. The Morgan fingerprint density at radius 3 is 2.50 bits per heavy atom. The van der Waals surface area contributed by atoms with Crippen LogP contribution < -0.4 is 0 Å². The Balaban J connectivity index is 1.62. The van der Waals surface area contributed by atoms with E-state index >= 15 is 0 Å². The highest BCUT2D eigenvalue weighted by molar-refractivity contribution is 5.76. The molecule has 1 aliphatic rings. The van der Waals surface area contributed by atoms with Crippen LogP contribution in [0.5, 0.6) is 0 Å². The van der Waals surface area contributed by atoms with Crippen LogP contribution >= 0.6 is 0 Å². The fourth-order valence-electron chi connectivity index (χ4n) is 3.17. The van der Waals surface area contributed by atoms with E-state index < -0.39 is 0 Å². The van der Waals surface area contributed by atoms with Crippen molar-refractivity contribution < 1.29 is 9.53 Å². The topological polar surface area (TPSA) is 29.5 Å². The molecule has 1 amide bonds. The number of ether oxygens (including phenoxy) is 1. The van der Waals surface area contributed by atoms with E-state index in [0.29, 0.717) is 19.5 Å². The Morgan fingerprint density at radius 1 is 1.08 bits per heavy atom. The second kappa shape index (κ2) is 7.63. The molecule has 2 aromatic rings. The van der Waals surface area contributed by atoms with Crippen LogP contribution in [0.25, 0.3) is 0 Å². The van der Waals surface area contributed by atoms with E-state index in [-0.39, 0.29) is 18.1 Å². The Morgan fingerprint density at radius 2 is 1.79 bits per heavy atom. The van der Waals surface area contributed by atoms with Gasteiger partial charge in [0, 0.05) is 13.0 Å². The summed E-state index contributed by atoms with van der Waals surface area (Å²) in [4.78, 5) is 14.6. The predicted octanol–water partition coefficient (Wildman–Crippen LogP) is 3.92. The second-order valence-electron chi connectivity index (χ2n) is 6.63. The molecule has 0 aliphatic carbocycles. The molecule has 2 atom stereocenters. The number of morpholine rings is 1. The van der Waals surface area contributed by atoms with Crippen molar-refractivity contribution in [3.8, 4) is 0 Å². The third-order valence-electron chi connectivity index (χ3n) is 4.53. The first-order valence-corrected chi connectivity index (χ1v) is 8.65. The lowest BCUT2D eigenvalue weighted by atomic mass is 10.0. The number of aryl methyl sites for hydroxylation is 2. The number of nitrogens with zero attached hydrogens (tertiary/aromatic N) is 1. The third-order valence-corrected chi connectivity index (χ3v) is 4.53. The number of hydrogen-bond donors (Lipinski definition) is 0. The maximum atomic E-state index is 12.6. The first-order valence-electron chi connectivity index (χ1n) is 8.65. The Hall–Kier alpha value is -2.13. The largest absolute Gasteiger partial charge is 0.367 e. The van der Waals surface area contributed by atoms with Gasteiger partial charge in [-0.05, 0) is 31.4 Å². The second-order valence-corrected chi connectivity index (χ2v) is 6.63. The number of benzene rings is 2. The summed E-state index contributed by atoms with van der Waals surface area (Å²) >= 11 is 0. The van der Waals surface area contributed by atoms with Crippen molar-refractivity contribution >= 4 is 5.91 Å². The van der Waals surface area contributed by atoms with Crippen molar-refractivity contribution in [3.05, 3.63) is 71.3 Å². The van der Waals surface area contributed by atoms with Gasteiger partial charge in [-0.25, -0.2) is 0 Å². The van der Waals surface area contributed by atoms with Crippen molar-refractivity contribution in [2.24, 2.45) is 0 Å². The number of carbonyl (C=O) groups is 1. The first kappa shape index (κ1) is 16.7. The van der Waals surface area contributed by atoms with E-state index in [0.717, 1.165) is 12.0 Å². The van der Waals surface area contributed by atoms with Crippen LogP contribution in [0.3, 0.4) is 0 Å². The van der Waals surface area contributed by atoms with E-state index in [4.69, 9.17) is 4.74 Å². The lowest BCUT2D eigenvalue weighted by molar-refractivity contribution is -0.144. The van der Waals surface area contributed by atoms with Gasteiger partial charge in [0.2, 0.25) is 5.91 Å². The van der Waals surface area contributed by atoms with Gasteiger partial charge >= 0.3 is 0 Å². The molecular weight excluding hydrogens is 298 g/mol. The maximum Gasteiger partial charge on any atom is 0.223 e. The minimum atomic E-state index is -0.0324. The Kier molecular flexibility index (Phi) is 5.31. The zero-order valence-electron chi connectivity index (χ0n) is 14.4. The highest BCUT2D eigenvalue weighted by Gasteiger charge is 2.29. The van der Waals surface area contributed by atoms with E-state index in [1.165, 1.54) is 11.1 Å². The fraction of sp³-hybridized carbons (Fsp3) is 0.381. The van der Waals surface area contributed by atoms with Crippen LogP contribution in [0.4, 0.5) is 0 Å². The number of amides is 1. The van der Waals surface area contributed by atoms with Gasteiger partial charge in [-0.2, -0.15) is 0 Å². The predicted molar refractivity (Wildman–Crippen MR) is 95.8 cm³/mol. The van der Waals surface area contributed by atoms with Crippen LogP contribution in [-0.4, -0.2) is 30.0 Å². The minimum absolute atomic E-state index is 0.0324. The molecule has 1 fully saturated rings. The summed E-state index contributed by atoms with van der Waals surface area (Å²) in [6.45, 7) is 5.43. The van der Waals surface area contributed by atoms with Crippen molar-refractivity contribution in [2.75, 3.05) is 13.1 Å². The summed E-state index contributed by atoms with van der Waals surface area (Å²) in [6, 6.07) is 18.6. The summed E-state index contributed by atoms with van der Waals surface area (Å²) < 4.78 is 6.06. The highest BCUT2D eigenvalue weighted by atomic mass is 16.5. The fourth-order valence-corrected chi connectivity index (χ4v) is 3.17. The summed E-state index contributed by atoms with van der Waals surface area (Å²) in [6.07, 6.45) is 1.37. The Labute approximate surface area is 144 Å². The maximum absolute atomic E-state index is 12.6. The lowest BCUT2D eigenvalue weighted by Gasteiger charge is -2.37. The molecule has 2 unspecified atom stereocenters. The molecule has 3 rings (SSSR count). The summed E-state index contributed by atoms with van der Waals surface area (Å²) in [7, 11) is 0. The number of carbonyl (C=O) groups excluding carboxylic acids is 1. The van der Waals surface area contributed by atoms with Crippen LogP contribution in [0.2, 0.25) is 0 Å². The molecule has 1 aliphatic heterocycles. The quantitative estimate of drug-likeness (QED) is 0.853. The minimum Gasteiger partial charge on any atom is -0.367 e. The average molecular weight is 323 g/mol. The molecule has 3 heteroatoms. The smallest absolute Gasteiger partial charge is 0.223 e. The van der Waals surface area contributed by atoms with Gasteiger partial charge in [0.15, 0.2) is 0 Å². The third kappa shape index (κ3) is 4.24. The van der Waals surface area contributed by atoms with E-state index in [9.17, 15) is 4.79 Å². The normalized spacial score (nSPS) is 20.8. The molecule has 0 aromatic heterocycles. The molecule has 0 radical (unpaired) electrons. The van der Waals surface area contributed by atoms with Crippen molar-refractivity contribution in [3.63, 3.8) is 0 Å². The summed E-state index contributed by atoms with van der Waals surface area (Å²) in [5.41, 5.74) is 3.59. The van der Waals surface area contributed by atoms with Crippen molar-refractivity contribution in [2.45, 2.75) is 38.9 Å². The lowest BCUT2D eigenvalue weighted by Crippen LogP contribution is -2.46. The summed E-state index contributed by atoms with van der Waals surface area (Å²) in [5.74, 6) is 0.214. The SMILES string of the molecule is Cc1ccc(C2CN(C(=O)CCc3ccccc3)CC(C)O2)cc1. The van der Waals surface area contributed by atoms with Gasteiger partial charge in [-0.3, -0.25) is 4.79 Å². The van der Waals surface area contributed by atoms with Crippen LogP contribution in [-0.2, 0) is 16.0 Å². The molecular formula is C21H25NO2. The van der Waals surface area contributed by atoms with Gasteiger partial charge < -0.3 is 9.64 Å². The molecule has 1 saturated heterocycles. The molecule has 24 heavy (non-hydrogen) atoms. The monoisotopic (exact) mass is 323 g/mol. The molecule has 0 N–H and O–H groups in total.